The van der Waals surface area contributed by atoms with Crippen molar-refractivity contribution in [1.29, 1.82) is 0 Å². The molecule has 0 spiro atoms. The second-order valence-electron chi connectivity index (χ2n) is 9.66. The third kappa shape index (κ3) is 3.46. The Labute approximate surface area is 169 Å². The number of methoxy groups -OCH3 is 1. The van der Waals surface area contributed by atoms with Crippen LogP contribution < -0.4 is 4.74 Å². The molecule has 3 rings (SSSR count). The van der Waals surface area contributed by atoms with Crippen molar-refractivity contribution < 1.29 is 19.1 Å². The lowest BCUT2D eigenvalue weighted by Crippen LogP contribution is -2.39. The number of carbonyl (C=O) groups excluding carboxylic acids is 2. The van der Waals surface area contributed by atoms with Crippen LogP contribution in [-0.2, 0) is 9.53 Å². The van der Waals surface area contributed by atoms with E-state index >= 15 is 0 Å². The second kappa shape index (κ2) is 7.53. The molecule has 1 aromatic rings. The highest BCUT2D eigenvalue weighted by Crippen LogP contribution is 2.66. The first-order valence-corrected chi connectivity index (χ1v) is 10.5. The molecule has 2 saturated carbocycles. The average molecular weight is 387 g/mol. The van der Waals surface area contributed by atoms with Gasteiger partial charge in [-0.3, -0.25) is 9.59 Å². The number of carbonyl (C=O) groups is 2. The lowest BCUT2D eigenvalue weighted by Gasteiger charge is -2.39. The van der Waals surface area contributed by atoms with Crippen molar-refractivity contribution >= 4 is 11.8 Å². The lowest BCUT2D eigenvalue weighted by atomic mass is 9.70. The number of hydrogen-bond donors (Lipinski definition) is 0. The Morgan fingerprint density at radius 1 is 1.14 bits per heavy atom. The number of fused-ring (bicyclic) bond motifs is 2. The number of Topliss-reactive ketones (excluding diaryl/α,β-unsaturated/α-hetero) is 1. The highest BCUT2D eigenvalue weighted by molar-refractivity contribution is 5.96. The van der Waals surface area contributed by atoms with E-state index in [-0.39, 0.29) is 40.5 Å². The first-order chi connectivity index (χ1) is 13.1. The van der Waals surface area contributed by atoms with Crippen LogP contribution in [0.4, 0.5) is 0 Å². The summed E-state index contributed by atoms with van der Waals surface area (Å²) in [5.74, 6) is 0.880. The summed E-state index contributed by atoms with van der Waals surface area (Å²) in [5, 5.41) is 0. The van der Waals surface area contributed by atoms with Crippen molar-refractivity contribution in [3.8, 4) is 5.75 Å². The van der Waals surface area contributed by atoms with Gasteiger partial charge in [-0.25, -0.2) is 0 Å². The quantitative estimate of drug-likeness (QED) is 0.471. The normalized spacial score (nSPS) is 29.9. The maximum Gasteiger partial charge on any atom is 0.309 e. The number of ether oxygens (including phenoxy) is 2. The van der Waals surface area contributed by atoms with Gasteiger partial charge < -0.3 is 9.47 Å². The summed E-state index contributed by atoms with van der Waals surface area (Å²) in [6, 6.07) is 7.12. The van der Waals surface area contributed by atoms with Crippen molar-refractivity contribution in [2.45, 2.75) is 66.4 Å². The Morgan fingerprint density at radius 2 is 1.79 bits per heavy atom. The van der Waals surface area contributed by atoms with Gasteiger partial charge in [0, 0.05) is 17.4 Å². The topological polar surface area (TPSA) is 52.6 Å². The van der Waals surface area contributed by atoms with Crippen LogP contribution in [0.1, 0.15) is 70.7 Å². The van der Waals surface area contributed by atoms with Gasteiger partial charge in [-0.1, -0.05) is 34.6 Å². The largest absolute Gasteiger partial charge is 0.497 e. The van der Waals surface area contributed by atoms with Crippen LogP contribution in [0.25, 0.3) is 0 Å². The number of benzene rings is 1. The van der Waals surface area contributed by atoms with E-state index in [4.69, 9.17) is 9.47 Å². The number of hydrogen-bond acceptors (Lipinski definition) is 4. The fourth-order valence-corrected chi connectivity index (χ4v) is 5.15. The van der Waals surface area contributed by atoms with E-state index < -0.39 is 0 Å². The summed E-state index contributed by atoms with van der Waals surface area (Å²) in [5.41, 5.74) is 0.933. The summed E-state index contributed by atoms with van der Waals surface area (Å²) in [6.07, 6.45) is 3.67. The molecule has 0 N–H and O–H groups in total. The van der Waals surface area contributed by atoms with Crippen LogP contribution in [0.15, 0.2) is 24.3 Å². The molecule has 0 saturated heterocycles. The molecule has 28 heavy (non-hydrogen) atoms. The Balaban J connectivity index is 1.58. The molecule has 0 heterocycles. The van der Waals surface area contributed by atoms with E-state index in [9.17, 15) is 9.59 Å². The van der Waals surface area contributed by atoms with Crippen LogP contribution in [0.2, 0.25) is 0 Å². The minimum Gasteiger partial charge on any atom is -0.497 e. The van der Waals surface area contributed by atoms with E-state index in [1.165, 1.54) is 6.42 Å². The summed E-state index contributed by atoms with van der Waals surface area (Å²) in [6.45, 7) is 10.8. The van der Waals surface area contributed by atoms with Crippen LogP contribution in [-0.4, -0.2) is 25.0 Å². The molecule has 1 aromatic carbocycles. The fraction of sp³-hybridized carbons (Fsp3) is 0.667. The Bertz CT molecular complexity index is 735. The van der Waals surface area contributed by atoms with Gasteiger partial charge in [0.2, 0.25) is 0 Å². The second-order valence-corrected chi connectivity index (χ2v) is 9.66. The van der Waals surface area contributed by atoms with Gasteiger partial charge in [0.15, 0.2) is 5.78 Å². The van der Waals surface area contributed by atoms with Crippen molar-refractivity contribution in [3.05, 3.63) is 29.8 Å². The number of rotatable bonds is 7. The van der Waals surface area contributed by atoms with Crippen LogP contribution in [0, 0.1) is 28.6 Å². The average Bonchev–Trinajstić information content (AvgIpc) is 3.00. The summed E-state index contributed by atoms with van der Waals surface area (Å²) < 4.78 is 11.2. The molecular formula is C24H34O4. The third-order valence-corrected chi connectivity index (χ3v) is 8.12. The maximum atomic E-state index is 12.8. The van der Waals surface area contributed by atoms with Gasteiger partial charge in [-0.05, 0) is 60.8 Å². The van der Waals surface area contributed by atoms with E-state index in [2.05, 4.69) is 20.8 Å². The van der Waals surface area contributed by atoms with E-state index in [1.54, 1.807) is 31.4 Å². The number of esters is 1. The molecule has 2 fully saturated rings. The van der Waals surface area contributed by atoms with E-state index in [1.807, 2.05) is 13.8 Å². The molecule has 4 nitrogen and oxygen atoms in total. The van der Waals surface area contributed by atoms with Crippen molar-refractivity contribution in [2.24, 2.45) is 28.6 Å². The smallest absolute Gasteiger partial charge is 0.309 e. The molecule has 0 aromatic heterocycles. The first kappa shape index (κ1) is 20.9. The molecule has 154 valence electrons. The van der Waals surface area contributed by atoms with Crippen molar-refractivity contribution in [1.82, 2.24) is 0 Å². The predicted octanol–water partition coefficient (Wildman–Crippen LogP) is 5.30. The van der Waals surface area contributed by atoms with Gasteiger partial charge in [0.25, 0.3) is 0 Å². The zero-order valence-electron chi connectivity index (χ0n) is 18.1. The van der Waals surface area contributed by atoms with Gasteiger partial charge in [0.1, 0.15) is 11.9 Å². The SMILES string of the molecule is COc1ccc(C(=O)CC(C)C(C)C(=O)OC2CC3CCC2(C)C3(C)C)cc1. The molecule has 0 radical (unpaired) electrons. The van der Waals surface area contributed by atoms with Crippen LogP contribution in [0.3, 0.4) is 0 Å². The Hall–Kier alpha value is -1.84. The molecule has 5 atom stereocenters. The molecule has 2 aliphatic rings. The Kier molecular flexibility index (Phi) is 5.62. The van der Waals surface area contributed by atoms with Gasteiger partial charge in [-0.2, -0.15) is 0 Å². The Morgan fingerprint density at radius 3 is 2.29 bits per heavy atom. The molecule has 0 amide bonds. The van der Waals surface area contributed by atoms with Gasteiger partial charge in [0.05, 0.1) is 13.0 Å². The third-order valence-electron chi connectivity index (χ3n) is 8.12. The lowest BCUT2D eigenvalue weighted by molar-refractivity contribution is -0.162. The van der Waals surface area contributed by atoms with Gasteiger partial charge in [-0.15, -0.1) is 0 Å². The molecule has 4 heteroatoms. The van der Waals surface area contributed by atoms with Crippen LogP contribution >= 0.6 is 0 Å². The first-order valence-electron chi connectivity index (χ1n) is 10.5. The van der Waals surface area contributed by atoms with Crippen LogP contribution in [0.5, 0.6) is 5.75 Å². The molecule has 0 aliphatic heterocycles. The van der Waals surface area contributed by atoms with Crippen molar-refractivity contribution in [2.75, 3.05) is 7.11 Å². The standard InChI is InChI=1S/C24H34O4/c1-15(13-20(25)17-7-9-19(27-6)10-8-17)16(2)22(26)28-21-14-18-11-12-24(21,5)23(18,3)4/h7-10,15-16,18,21H,11-14H2,1-6H3. The van der Waals surface area contributed by atoms with Gasteiger partial charge >= 0.3 is 5.97 Å². The number of ketones is 1. The minimum absolute atomic E-state index is 0.000639. The van der Waals surface area contributed by atoms with E-state index in [0.29, 0.717) is 17.9 Å². The highest BCUT2D eigenvalue weighted by Gasteiger charge is 2.63. The fourth-order valence-electron chi connectivity index (χ4n) is 5.15. The molecule has 2 aliphatic carbocycles. The monoisotopic (exact) mass is 386 g/mol. The summed E-state index contributed by atoms with van der Waals surface area (Å²) in [4.78, 5) is 25.4. The van der Waals surface area contributed by atoms with Crippen molar-refractivity contribution in [3.63, 3.8) is 0 Å². The molecular weight excluding hydrogens is 352 g/mol. The molecule has 2 bridgehead atoms. The highest BCUT2D eigenvalue weighted by atomic mass is 16.5. The molecule has 5 unspecified atom stereocenters. The maximum absolute atomic E-state index is 12.8. The summed E-state index contributed by atoms with van der Waals surface area (Å²) >= 11 is 0. The summed E-state index contributed by atoms with van der Waals surface area (Å²) in [7, 11) is 1.60. The zero-order chi connectivity index (χ0) is 20.7. The van der Waals surface area contributed by atoms with E-state index in [0.717, 1.165) is 18.6 Å². The predicted molar refractivity (Wildman–Crippen MR) is 109 cm³/mol. The zero-order valence-corrected chi connectivity index (χ0v) is 18.1. The minimum atomic E-state index is -0.298.